The van der Waals surface area contributed by atoms with Gasteiger partial charge in [0, 0.05) is 12.8 Å². The maximum Gasteiger partial charge on any atom is 0.472 e. The Morgan fingerprint density at radius 2 is 0.965 bits per heavy atom. The van der Waals surface area contributed by atoms with Crippen molar-refractivity contribution in [3.8, 4) is 0 Å². The number of aliphatic hydroxyl groups excluding tert-OH is 5. The first kappa shape index (κ1) is 53.3. The molecule has 1 aliphatic rings. The molecule has 1 rings (SSSR count). The second-order valence-electron chi connectivity index (χ2n) is 15.6. The lowest BCUT2D eigenvalue weighted by Crippen LogP contribution is -2.64. The van der Waals surface area contributed by atoms with E-state index >= 15 is 0 Å². The van der Waals surface area contributed by atoms with E-state index in [-0.39, 0.29) is 12.8 Å². The number of rotatable bonds is 36. The van der Waals surface area contributed by atoms with Crippen LogP contribution < -0.4 is 0 Å². The van der Waals surface area contributed by atoms with Crippen LogP contribution in [0.3, 0.4) is 0 Å². The molecule has 0 aliphatic heterocycles. The molecule has 0 radical (unpaired) electrons. The van der Waals surface area contributed by atoms with E-state index in [4.69, 9.17) is 18.5 Å². The molecule has 0 aromatic rings. The van der Waals surface area contributed by atoms with E-state index in [1.54, 1.807) is 0 Å². The topological polar surface area (TPSA) is 210 Å². The van der Waals surface area contributed by atoms with Gasteiger partial charge in [-0.2, -0.15) is 0 Å². The van der Waals surface area contributed by atoms with Gasteiger partial charge in [-0.15, -0.1) is 0 Å². The molecule has 0 saturated heterocycles. The first-order chi connectivity index (χ1) is 27.4. The van der Waals surface area contributed by atoms with Gasteiger partial charge in [0.25, 0.3) is 0 Å². The molecule has 0 bridgehead atoms. The number of carbonyl (C=O) groups excluding carboxylic acids is 2. The summed E-state index contributed by atoms with van der Waals surface area (Å²) in [5.41, 5.74) is 0. The van der Waals surface area contributed by atoms with Crippen molar-refractivity contribution >= 4 is 19.8 Å². The third kappa shape index (κ3) is 26.9. The van der Waals surface area contributed by atoms with Gasteiger partial charge in [0.1, 0.15) is 43.2 Å². The lowest BCUT2D eigenvalue weighted by molar-refractivity contribution is -0.220. The third-order valence-electron chi connectivity index (χ3n) is 10.3. The van der Waals surface area contributed by atoms with Gasteiger partial charge in [-0.1, -0.05) is 154 Å². The summed E-state index contributed by atoms with van der Waals surface area (Å²) in [6, 6.07) is 0. The van der Waals surface area contributed by atoms with Crippen molar-refractivity contribution in [1.82, 2.24) is 0 Å². The van der Waals surface area contributed by atoms with Crippen LogP contribution in [-0.4, -0.2) is 98.3 Å². The summed E-state index contributed by atoms with van der Waals surface area (Å²) < 4.78 is 33.5. The number of ether oxygens (including phenoxy) is 2. The van der Waals surface area contributed by atoms with Gasteiger partial charge in [-0.3, -0.25) is 18.6 Å². The molecule has 0 heterocycles. The first-order valence-corrected chi connectivity index (χ1v) is 23.6. The Morgan fingerprint density at radius 3 is 1.47 bits per heavy atom. The Balaban J connectivity index is 2.49. The average Bonchev–Trinajstić information content (AvgIpc) is 3.19. The Hall–Kier alpha value is -1.67. The summed E-state index contributed by atoms with van der Waals surface area (Å²) in [5, 5.41) is 50.1. The molecule has 1 saturated carbocycles. The highest BCUT2D eigenvalue weighted by molar-refractivity contribution is 7.47. The van der Waals surface area contributed by atoms with E-state index in [1.165, 1.54) is 77.0 Å². The number of carbonyl (C=O) groups is 2. The van der Waals surface area contributed by atoms with Crippen LogP contribution in [-0.2, 0) is 32.7 Å². The van der Waals surface area contributed by atoms with Crippen LogP contribution in [0.25, 0.3) is 0 Å². The van der Waals surface area contributed by atoms with Crippen molar-refractivity contribution in [2.75, 3.05) is 13.2 Å². The maximum atomic E-state index is 12.8. The monoisotopic (exact) mass is 835 g/mol. The average molecular weight is 835 g/mol. The molecule has 334 valence electrons. The highest BCUT2D eigenvalue weighted by Gasteiger charge is 2.51. The highest BCUT2D eigenvalue weighted by Crippen LogP contribution is 2.47. The van der Waals surface area contributed by atoms with E-state index in [9.17, 15) is 44.6 Å². The quantitative estimate of drug-likeness (QED) is 0.0153. The Kier molecular flexibility index (Phi) is 31.9. The van der Waals surface area contributed by atoms with Crippen LogP contribution in [0.15, 0.2) is 24.3 Å². The van der Waals surface area contributed by atoms with Crippen molar-refractivity contribution in [3.05, 3.63) is 24.3 Å². The second-order valence-corrected chi connectivity index (χ2v) is 17.0. The number of esters is 2. The molecule has 1 aliphatic carbocycles. The number of phosphoric ester groups is 1. The van der Waals surface area contributed by atoms with Crippen LogP contribution >= 0.6 is 7.82 Å². The predicted molar refractivity (Wildman–Crippen MR) is 221 cm³/mol. The smallest absolute Gasteiger partial charge is 0.462 e. The molecule has 0 amide bonds. The van der Waals surface area contributed by atoms with Gasteiger partial charge < -0.3 is 39.9 Å². The van der Waals surface area contributed by atoms with E-state index < -0.39 is 75.7 Å². The predicted octanol–water partition coefficient (Wildman–Crippen LogP) is 8.06. The Bertz CT molecular complexity index is 1100. The van der Waals surface area contributed by atoms with Crippen molar-refractivity contribution in [3.63, 3.8) is 0 Å². The number of unbranched alkanes of at least 4 members (excludes halogenated alkanes) is 20. The van der Waals surface area contributed by atoms with Crippen LogP contribution in [0.2, 0.25) is 0 Å². The van der Waals surface area contributed by atoms with Crippen molar-refractivity contribution in [1.29, 1.82) is 0 Å². The number of hydrogen-bond donors (Lipinski definition) is 6. The molecule has 6 N–H and O–H groups in total. The fourth-order valence-corrected chi connectivity index (χ4v) is 7.63. The third-order valence-corrected chi connectivity index (χ3v) is 11.3. The minimum absolute atomic E-state index is 0.0829. The zero-order chi connectivity index (χ0) is 42.2. The van der Waals surface area contributed by atoms with Crippen LogP contribution in [0.4, 0.5) is 0 Å². The zero-order valence-electron chi connectivity index (χ0n) is 35.1. The molecule has 0 spiro atoms. The summed E-state index contributed by atoms with van der Waals surface area (Å²) in [5.74, 6) is -1.11. The highest BCUT2D eigenvalue weighted by atomic mass is 31.2. The summed E-state index contributed by atoms with van der Waals surface area (Å²) in [6.45, 7) is 3.24. The summed E-state index contributed by atoms with van der Waals surface area (Å²) in [6.07, 6.45) is 22.3. The Morgan fingerprint density at radius 1 is 0.544 bits per heavy atom. The SMILES string of the molecule is CCCC/C=C\C/C=C\CCCCCCCC(=O)O[C@H](COC(=O)CCCCCCCCCCCCCCCC)COP(=O)(O)OC1C(O)C(O)C(O)[C@@H](O)C1O. The molecule has 57 heavy (non-hydrogen) atoms. The van der Waals surface area contributed by atoms with Gasteiger partial charge in [0.15, 0.2) is 6.10 Å². The minimum Gasteiger partial charge on any atom is -0.462 e. The fourth-order valence-electron chi connectivity index (χ4n) is 6.66. The standard InChI is InChI=1S/C43H79O13P/c1-3-5-7-9-11-13-15-17-19-21-23-25-27-29-31-36(44)53-33-35(34-54-57(51,52)56-43-41(49)39(47)38(46)40(48)42(43)50)55-37(45)32-30-28-26-24-22-20-18-16-14-12-10-8-6-4-2/h10,12,16,18,35,38-43,46-50H,3-9,11,13-15,17,19-34H2,1-2H3,(H,51,52)/b12-10-,18-16-/t35-,38?,39-,40?,41?,42?,43?/m1/s1. The zero-order valence-corrected chi connectivity index (χ0v) is 36.0. The van der Waals surface area contributed by atoms with Gasteiger partial charge in [-0.05, 0) is 38.5 Å². The van der Waals surface area contributed by atoms with E-state index in [1.807, 2.05) is 0 Å². The van der Waals surface area contributed by atoms with Gasteiger partial charge in [-0.25, -0.2) is 4.57 Å². The van der Waals surface area contributed by atoms with Crippen LogP contribution in [0.1, 0.15) is 181 Å². The van der Waals surface area contributed by atoms with Crippen LogP contribution in [0, 0.1) is 0 Å². The lowest BCUT2D eigenvalue weighted by Gasteiger charge is -2.41. The summed E-state index contributed by atoms with van der Waals surface area (Å²) in [4.78, 5) is 35.6. The molecule has 6 unspecified atom stereocenters. The van der Waals surface area contributed by atoms with Crippen molar-refractivity contribution in [2.24, 2.45) is 0 Å². The molecule has 0 aromatic heterocycles. The first-order valence-electron chi connectivity index (χ1n) is 22.1. The normalized spacial score (nSPS) is 22.9. The molecular weight excluding hydrogens is 755 g/mol. The molecule has 8 atom stereocenters. The molecular formula is C43H79O13P. The van der Waals surface area contributed by atoms with Gasteiger partial charge >= 0.3 is 19.8 Å². The minimum atomic E-state index is -5.11. The second kappa shape index (κ2) is 34.1. The lowest BCUT2D eigenvalue weighted by atomic mass is 9.85. The van der Waals surface area contributed by atoms with Crippen molar-refractivity contribution in [2.45, 2.75) is 224 Å². The summed E-state index contributed by atoms with van der Waals surface area (Å²) in [7, 11) is -5.11. The number of hydrogen-bond acceptors (Lipinski definition) is 12. The van der Waals surface area contributed by atoms with Crippen molar-refractivity contribution < 1.29 is 63.1 Å². The maximum absolute atomic E-state index is 12.8. The van der Waals surface area contributed by atoms with E-state index in [0.29, 0.717) is 12.8 Å². The van der Waals surface area contributed by atoms with E-state index in [0.717, 1.165) is 64.2 Å². The Labute approximate surface area is 343 Å². The number of allylic oxidation sites excluding steroid dienone is 4. The van der Waals surface area contributed by atoms with E-state index in [2.05, 4.69) is 38.2 Å². The number of aliphatic hydroxyl groups is 5. The summed E-state index contributed by atoms with van der Waals surface area (Å²) >= 11 is 0. The van der Waals surface area contributed by atoms with Gasteiger partial charge in [0.2, 0.25) is 0 Å². The molecule has 14 heteroatoms. The van der Waals surface area contributed by atoms with Crippen LogP contribution in [0.5, 0.6) is 0 Å². The largest absolute Gasteiger partial charge is 0.472 e. The molecule has 13 nitrogen and oxygen atoms in total. The molecule has 1 fully saturated rings. The fraction of sp³-hybridized carbons (Fsp3) is 0.860. The number of phosphoric acid groups is 1. The van der Waals surface area contributed by atoms with Gasteiger partial charge in [0.05, 0.1) is 6.61 Å². The molecule has 0 aromatic carbocycles.